The van der Waals surface area contributed by atoms with Crippen molar-refractivity contribution >= 4 is 0 Å². The predicted octanol–water partition coefficient (Wildman–Crippen LogP) is 1.03. The first-order valence-electron chi connectivity index (χ1n) is 7.29. The molecule has 1 aliphatic rings. The minimum absolute atomic E-state index is 0.495. The predicted molar refractivity (Wildman–Crippen MR) is 77.1 cm³/mol. The second kappa shape index (κ2) is 8.86. The maximum atomic E-state index is 5.38. The van der Waals surface area contributed by atoms with Gasteiger partial charge in [-0.3, -0.25) is 4.90 Å². The molecule has 1 N–H and O–H groups in total. The first-order valence-corrected chi connectivity index (χ1v) is 7.29. The number of nitrogens with zero attached hydrogens (tertiary/aromatic N) is 2. The zero-order valence-electron chi connectivity index (χ0n) is 12.6. The number of nitrogens with one attached hydrogen (secondary N) is 1. The molecule has 0 aromatic heterocycles. The number of rotatable bonds is 8. The van der Waals surface area contributed by atoms with Gasteiger partial charge in [-0.15, -0.1) is 0 Å². The van der Waals surface area contributed by atoms with Crippen LogP contribution >= 0.6 is 0 Å². The SMILES string of the molecule is CCCNCC(COC)N(C)C1CCN(C)CC1. The molecule has 0 aromatic carbocycles. The fourth-order valence-corrected chi connectivity index (χ4v) is 2.66. The molecule has 1 atom stereocenters. The van der Waals surface area contributed by atoms with Crippen molar-refractivity contribution in [2.45, 2.75) is 38.3 Å². The van der Waals surface area contributed by atoms with Gasteiger partial charge in [0.15, 0.2) is 0 Å². The monoisotopic (exact) mass is 257 g/mol. The molecule has 0 saturated carbocycles. The smallest absolute Gasteiger partial charge is 0.0630 e. The molecule has 108 valence electrons. The van der Waals surface area contributed by atoms with E-state index < -0.39 is 0 Å². The molecule has 1 saturated heterocycles. The van der Waals surface area contributed by atoms with Crippen molar-refractivity contribution in [1.29, 1.82) is 0 Å². The second-order valence-electron chi connectivity index (χ2n) is 5.51. The third-order valence-corrected chi connectivity index (χ3v) is 4.01. The van der Waals surface area contributed by atoms with Gasteiger partial charge >= 0.3 is 0 Å². The largest absolute Gasteiger partial charge is 0.383 e. The first kappa shape index (κ1) is 15.9. The van der Waals surface area contributed by atoms with Crippen LogP contribution in [0.3, 0.4) is 0 Å². The standard InChI is InChI=1S/C14H31N3O/c1-5-8-15-11-14(12-18-4)17(3)13-6-9-16(2)10-7-13/h13-15H,5-12H2,1-4H3. The summed E-state index contributed by atoms with van der Waals surface area (Å²) in [6.45, 7) is 7.60. The fraction of sp³-hybridized carbons (Fsp3) is 1.00. The minimum Gasteiger partial charge on any atom is -0.383 e. The lowest BCUT2D eigenvalue weighted by molar-refractivity contribution is 0.0555. The van der Waals surface area contributed by atoms with Gasteiger partial charge < -0.3 is 15.0 Å². The number of ether oxygens (including phenoxy) is 1. The highest BCUT2D eigenvalue weighted by molar-refractivity contribution is 4.82. The fourth-order valence-electron chi connectivity index (χ4n) is 2.66. The van der Waals surface area contributed by atoms with E-state index in [1.807, 2.05) is 0 Å². The van der Waals surface area contributed by atoms with E-state index in [1.165, 1.54) is 32.4 Å². The molecule has 18 heavy (non-hydrogen) atoms. The van der Waals surface area contributed by atoms with Crippen LogP contribution in [-0.4, -0.2) is 75.9 Å². The summed E-state index contributed by atoms with van der Waals surface area (Å²) in [7, 11) is 6.27. The number of hydrogen-bond acceptors (Lipinski definition) is 4. The van der Waals surface area contributed by atoms with E-state index in [0.29, 0.717) is 12.1 Å². The van der Waals surface area contributed by atoms with Crippen molar-refractivity contribution in [3.05, 3.63) is 0 Å². The molecule has 4 heteroatoms. The van der Waals surface area contributed by atoms with Crippen LogP contribution in [0, 0.1) is 0 Å². The number of piperidine rings is 1. The summed E-state index contributed by atoms with van der Waals surface area (Å²) in [5.74, 6) is 0. The van der Waals surface area contributed by atoms with Gasteiger partial charge in [-0.25, -0.2) is 0 Å². The van der Waals surface area contributed by atoms with Crippen LogP contribution in [0.4, 0.5) is 0 Å². The highest BCUT2D eigenvalue weighted by Crippen LogP contribution is 2.16. The van der Waals surface area contributed by atoms with Gasteiger partial charge in [0.25, 0.3) is 0 Å². The highest BCUT2D eigenvalue weighted by atomic mass is 16.5. The van der Waals surface area contributed by atoms with Crippen LogP contribution in [0.15, 0.2) is 0 Å². The Labute approximate surface area is 113 Å². The summed E-state index contributed by atoms with van der Waals surface area (Å²) >= 11 is 0. The summed E-state index contributed by atoms with van der Waals surface area (Å²) in [5, 5.41) is 3.52. The second-order valence-corrected chi connectivity index (χ2v) is 5.51. The first-order chi connectivity index (χ1) is 8.69. The minimum atomic E-state index is 0.495. The Morgan fingerprint density at radius 3 is 2.61 bits per heavy atom. The number of likely N-dealkylation sites (tertiary alicyclic amines) is 1. The Kier molecular flexibility index (Phi) is 7.82. The van der Waals surface area contributed by atoms with Crippen LogP contribution in [0.2, 0.25) is 0 Å². The summed E-state index contributed by atoms with van der Waals surface area (Å²) < 4.78 is 5.38. The molecule has 1 heterocycles. The van der Waals surface area contributed by atoms with Crippen molar-refractivity contribution in [3.63, 3.8) is 0 Å². The van der Waals surface area contributed by atoms with E-state index in [9.17, 15) is 0 Å². The van der Waals surface area contributed by atoms with Crippen molar-refractivity contribution in [3.8, 4) is 0 Å². The average Bonchev–Trinajstić information content (AvgIpc) is 2.38. The van der Waals surface area contributed by atoms with Crippen LogP contribution < -0.4 is 5.32 Å². The molecule has 1 fully saturated rings. The number of hydrogen-bond donors (Lipinski definition) is 1. The molecule has 4 nitrogen and oxygen atoms in total. The third-order valence-electron chi connectivity index (χ3n) is 4.01. The summed E-state index contributed by atoms with van der Waals surface area (Å²) in [5.41, 5.74) is 0. The van der Waals surface area contributed by atoms with Crippen LogP contribution in [0.1, 0.15) is 26.2 Å². The Bertz CT molecular complexity index is 205. The van der Waals surface area contributed by atoms with Gasteiger partial charge in [0, 0.05) is 25.7 Å². The van der Waals surface area contributed by atoms with Gasteiger partial charge in [-0.2, -0.15) is 0 Å². The van der Waals surface area contributed by atoms with Crippen LogP contribution in [0.5, 0.6) is 0 Å². The van der Waals surface area contributed by atoms with Crippen molar-refractivity contribution in [2.24, 2.45) is 0 Å². The summed E-state index contributed by atoms with van der Waals surface area (Å²) in [6, 6.07) is 1.21. The highest BCUT2D eigenvalue weighted by Gasteiger charge is 2.25. The van der Waals surface area contributed by atoms with Crippen molar-refractivity contribution < 1.29 is 4.74 Å². The van der Waals surface area contributed by atoms with Crippen LogP contribution in [-0.2, 0) is 4.74 Å². The lowest BCUT2D eigenvalue weighted by atomic mass is 10.0. The molecule has 1 aliphatic heterocycles. The third kappa shape index (κ3) is 5.22. The molecule has 1 unspecified atom stereocenters. The van der Waals surface area contributed by atoms with Gasteiger partial charge in [-0.05, 0) is 53.0 Å². The number of methoxy groups -OCH3 is 1. The lowest BCUT2D eigenvalue weighted by Crippen LogP contribution is -2.51. The average molecular weight is 257 g/mol. The van der Waals surface area contributed by atoms with Gasteiger partial charge in [0.2, 0.25) is 0 Å². The quantitative estimate of drug-likeness (QED) is 0.657. The summed E-state index contributed by atoms with van der Waals surface area (Å²) in [6.07, 6.45) is 3.75. The molecule has 0 spiro atoms. The van der Waals surface area contributed by atoms with Gasteiger partial charge in [0.05, 0.1) is 6.61 Å². The maximum Gasteiger partial charge on any atom is 0.0630 e. The van der Waals surface area contributed by atoms with E-state index >= 15 is 0 Å². The zero-order valence-corrected chi connectivity index (χ0v) is 12.6. The zero-order chi connectivity index (χ0) is 13.4. The lowest BCUT2D eigenvalue weighted by Gasteiger charge is -2.39. The van der Waals surface area contributed by atoms with Gasteiger partial charge in [0.1, 0.15) is 0 Å². The van der Waals surface area contributed by atoms with E-state index in [1.54, 1.807) is 7.11 Å². The Balaban J connectivity index is 2.39. The molecule has 0 amide bonds. The Morgan fingerprint density at radius 1 is 1.39 bits per heavy atom. The van der Waals surface area contributed by atoms with Gasteiger partial charge in [-0.1, -0.05) is 6.92 Å². The maximum absolute atomic E-state index is 5.38. The normalized spacial score (nSPS) is 20.5. The van der Waals surface area contributed by atoms with Crippen LogP contribution in [0.25, 0.3) is 0 Å². The van der Waals surface area contributed by atoms with E-state index in [0.717, 1.165) is 19.7 Å². The van der Waals surface area contributed by atoms with Crippen molar-refractivity contribution in [1.82, 2.24) is 15.1 Å². The molecule has 0 bridgehead atoms. The molecule has 0 aromatic rings. The summed E-state index contributed by atoms with van der Waals surface area (Å²) in [4.78, 5) is 4.95. The Hall–Kier alpha value is -0.160. The van der Waals surface area contributed by atoms with E-state index in [-0.39, 0.29) is 0 Å². The molecular formula is C14H31N3O. The molecule has 1 rings (SSSR count). The number of likely N-dealkylation sites (N-methyl/N-ethyl adjacent to an activating group) is 1. The molecule has 0 radical (unpaired) electrons. The molecular weight excluding hydrogens is 226 g/mol. The Morgan fingerprint density at radius 2 is 2.06 bits per heavy atom. The topological polar surface area (TPSA) is 27.7 Å². The molecule has 0 aliphatic carbocycles. The van der Waals surface area contributed by atoms with Crippen molar-refractivity contribution in [2.75, 3.05) is 54.0 Å². The van der Waals surface area contributed by atoms with E-state index in [2.05, 4.69) is 36.1 Å². The van der Waals surface area contributed by atoms with E-state index in [4.69, 9.17) is 4.74 Å².